The number of nitrogens with zero attached hydrogens (tertiary/aromatic N) is 3. The van der Waals surface area contributed by atoms with Crippen LogP contribution >= 0.6 is 0 Å². The second-order valence-corrected chi connectivity index (χ2v) is 8.44. The molecule has 1 saturated carbocycles. The van der Waals surface area contributed by atoms with Crippen LogP contribution in [0.5, 0.6) is 5.75 Å². The lowest BCUT2D eigenvalue weighted by molar-refractivity contribution is -0.116. The van der Waals surface area contributed by atoms with Gasteiger partial charge in [-0.2, -0.15) is 5.26 Å². The van der Waals surface area contributed by atoms with Gasteiger partial charge in [0.25, 0.3) is 0 Å². The maximum atomic E-state index is 12.9. The number of ether oxygens (including phenoxy) is 1. The van der Waals surface area contributed by atoms with Crippen molar-refractivity contribution in [2.45, 2.75) is 38.8 Å². The Labute approximate surface area is 192 Å². The van der Waals surface area contributed by atoms with Gasteiger partial charge in [0.15, 0.2) is 0 Å². The van der Waals surface area contributed by atoms with Crippen LogP contribution in [0.2, 0.25) is 0 Å². The lowest BCUT2D eigenvalue weighted by Crippen LogP contribution is -2.20. The molecule has 164 valence electrons. The Morgan fingerprint density at radius 1 is 1.15 bits per heavy atom. The molecular formula is C27H24N4O2. The molecule has 5 rings (SSSR count). The van der Waals surface area contributed by atoms with E-state index in [2.05, 4.69) is 11.4 Å². The second kappa shape index (κ2) is 8.79. The summed E-state index contributed by atoms with van der Waals surface area (Å²) in [7, 11) is 0. The molecule has 0 bridgehead atoms. The number of carbonyl (C=O) groups is 1. The summed E-state index contributed by atoms with van der Waals surface area (Å²) in [5.41, 5.74) is 5.16. The summed E-state index contributed by atoms with van der Waals surface area (Å²) < 4.78 is 7.93. The number of para-hydroxylation sites is 2. The van der Waals surface area contributed by atoms with Gasteiger partial charge in [-0.15, -0.1) is 0 Å². The van der Waals surface area contributed by atoms with Gasteiger partial charge >= 0.3 is 0 Å². The van der Waals surface area contributed by atoms with E-state index in [1.165, 1.54) is 0 Å². The first-order valence-corrected chi connectivity index (χ1v) is 11.1. The zero-order valence-corrected chi connectivity index (χ0v) is 18.4. The number of nitrogens with one attached hydrogen (secondary N) is 1. The summed E-state index contributed by atoms with van der Waals surface area (Å²) in [5, 5.41) is 12.1. The number of aryl methyl sites for hydroxylation is 1. The molecule has 4 aromatic rings. The Bertz CT molecular complexity index is 1380. The number of hydrogen-bond donors (Lipinski definition) is 1. The van der Waals surface area contributed by atoms with Crippen LogP contribution in [-0.2, 0) is 17.9 Å². The van der Waals surface area contributed by atoms with Crippen LogP contribution in [0.4, 0.5) is 5.69 Å². The fraction of sp³-hybridized carbons (Fsp3) is 0.222. The Hall–Kier alpha value is -4.11. The molecule has 0 aliphatic heterocycles. The maximum absolute atomic E-state index is 12.9. The molecule has 1 fully saturated rings. The van der Waals surface area contributed by atoms with Crippen LogP contribution in [-0.4, -0.2) is 15.5 Å². The zero-order chi connectivity index (χ0) is 22.8. The maximum Gasteiger partial charge on any atom is 0.244 e. The van der Waals surface area contributed by atoms with E-state index in [9.17, 15) is 4.79 Å². The number of fused-ring (bicyclic) bond motifs is 1. The predicted molar refractivity (Wildman–Crippen MR) is 127 cm³/mol. The third kappa shape index (κ3) is 4.58. The van der Waals surface area contributed by atoms with Gasteiger partial charge in [-0.1, -0.05) is 24.3 Å². The van der Waals surface area contributed by atoms with Crippen molar-refractivity contribution in [3.05, 3.63) is 89.2 Å². The number of amides is 1. The Morgan fingerprint density at radius 2 is 2.00 bits per heavy atom. The number of anilines is 1. The van der Waals surface area contributed by atoms with E-state index in [1.807, 2.05) is 72.2 Å². The molecule has 0 radical (unpaired) electrons. The molecule has 6 nitrogen and oxygen atoms in total. The molecule has 0 atom stereocenters. The lowest BCUT2D eigenvalue weighted by atomic mass is 10.1. The van der Waals surface area contributed by atoms with Gasteiger partial charge in [-0.3, -0.25) is 4.79 Å². The summed E-state index contributed by atoms with van der Waals surface area (Å²) in [5.74, 6) is 2.10. The number of rotatable bonds is 7. The van der Waals surface area contributed by atoms with Crippen LogP contribution in [0.25, 0.3) is 11.0 Å². The number of imidazole rings is 1. The van der Waals surface area contributed by atoms with Crippen molar-refractivity contribution in [3.63, 3.8) is 0 Å². The normalized spacial score (nSPS) is 13.0. The van der Waals surface area contributed by atoms with E-state index >= 15 is 0 Å². The predicted octanol–water partition coefficient (Wildman–Crippen LogP) is 5.31. The monoisotopic (exact) mass is 436 g/mol. The lowest BCUT2D eigenvalue weighted by Gasteiger charge is -2.13. The first-order chi connectivity index (χ1) is 16.1. The highest BCUT2D eigenvalue weighted by Crippen LogP contribution is 2.40. The average Bonchev–Trinajstić information content (AvgIpc) is 3.62. The van der Waals surface area contributed by atoms with E-state index in [4.69, 9.17) is 15.0 Å². The van der Waals surface area contributed by atoms with Gasteiger partial charge in [0.05, 0.1) is 22.7 Å². The number of aromatic nitrogens is 2. The van der Waals surface area contributed by atoms with Crippen LogP contribution in [0.3, 0.4) is 0 Å². The minimum atomic E-state index is -0.0786. The van der Waals surface area contributed by atoms with E-state index in [0.717, 1.165) is 46.5 Å². The molecule has 1 N–H and O–H groups in total. The van der Waals surface area contributed by atoms with Crippen LogP contribution < -0.4 is 10.1 Å². The van der Waals surface area contributed by atoms with Crippen molar-refractivity contribution in [2.75, 3.05) is 5.32 Å². The number of carbonyl (C=O) groups excluding carboxylic acids is 1. The van der Waals surface area contributed by atoms with E-state index < -0.39 is 0 Å². The quantitative estimate of drug-likeness (QED) is 0.426. The molecule has 0 unspecified atom stereocenters. The minimum Gasteiger partial charge on any atom is -0.489 e. The third-order valence-electron chi connectivity index (χ3n) is 5.86. The minimum absolute atomic E-state index is 0.0786. The highest BCUT2D eigenvalue weighted by molar-refractivity contribution is 5.92. The third-order valence-corrected chi connectivity index (χ3v) is 5.86. The SMILES string of the molecule is Cc1cc(OCc2cccc(C#N)c2)ccc1NC(=O)Cn1c(C2CC2)nc2ccccc21. The summed E-state index contributed by atoms with van der Waals surface area (Å²) in [6, 6.07) is 23.1. The molecule has 6 heteroatoms. The smallest absolute Gasteiger partial charge is 0.244 e. The van der Waals surface area contributed by atoms with Crippen molar-refractivity contribution < 1.29 is 9.53 Å². The molecule has 1 aliphatic rings. The molecule has 1 heterocycles. The fourth-order valence-corrected chi connectivity index (χ4v) is 4.01. The molecule has 1 aliphatic carbocycles. The van der Waals surface area contributed by atoms with Gasteiger partial charge in [0.1, 0.15) is 24.7 Å². The highest BCUT2D eigenvalue weighted by Gasteiger charge is 2.30. The van der Waals surface area contributed by atoms with Crippen LogP contribution in [0.15, 0.2) is 66.7 Å². The highest BCUT2D eigenvalue weighted by atomic mass is 16.5. The van der Waals surface area contributed by atoms with Crippen LogP contribution in [0.1, 0.15) is 41.3 Å². The molecule has 0 saturated heterocycles. The molecule has 33 heavy (non-hydrogen) atoms. The van der Waals surface area contributed by atoms with Gasteiger partial charge in [-0.25, -0.2) is 4.98 Å². The second-order valence-electron chi connectivity index (χ2n) is 8.44. The summed E-state index contributed by atoms with van der Waals surface area (Å²) >= 11 is 0. The van der Waals surface area contributed by atoms with Crippen molar-refractivity contribution in [1.29, 1.82) is 5.26 Å². The summed E-state index contributed by atoms with van der Waals surface area (Å²) in [6.45, 7) is 2.55. The standard InChI is InChI=1S/C27H24N4O2/c1-18-13-22(33-17-20-6-4-5-19(14-20)15-28)11-12-23(18)29-26(32)16-31-25-8-3-2-7-24(25)30-27(31)21-9-10-21/h2-8,11-14,21H,9-10,16-17H2,1H3,(H,29,32). The van der Waals surface area contributed by atoms with Crippen molar-refractivity contribution >= 4 is 22.6 Å². The number of benzene rings is 3. The number of hydrogen-bond acceptors (Lipinski definition) is 4. The fourth-order valence-electron chi connectivity index (χ4n) is 4.01. The zero-order valence-electron chi connectivity index (χ0n) is 18.4. The average molecular weight is 437 g/mol. The van der Waals surface area contributed by atoms with E-state index in [0.29, 0.717) is 23.8 Å². The Kier molecular flexibility index (Phi) is 5.54. The molecule has 1 aromatic heterocycles. The van der Waals surface area contributed by atoms with Crippen molar-refractivity contribution in [1.82, 2.24) is 9.55 Å². The Balaban J connectivity index is 1.26. The molecule has 3 aromatic carbocycles. The van der Waals surface area contributed by atoms with Gasteiger partial charge < -0.3 is 14.6 Å². The van der Waals surface area contributed by atoms with E-state index in [1.54, 1.807) is 6.07 Å². The first kappa shape index (κ1) is 20.8. The number of nitriles is 1. The summed E-state index contributed by atoms with van der Waals surface area (Å²) in [4.78, 5) is 17.7. The molecule has 1 amide bonds. The van der Waals surface area contributed by atoms with Crippen molar-refractivity contribution in [2.24, 2.45) is 0 Å². The van der Waals surface area contributed by atoms with Crippen LogP contribution in [0, 0.1) is 18.3 Å². The Morgan fingerprint density at radius 3 is 2.79 bits per heavy atom. The van der Waals surface area contributed by atoms with Gasteiger partial charge in [-0.05, 0) is 73.4 Å². The largest absolute Gasteiger partial charge is 0.489 e. The summed E-state index contributed by atoms with van der Waals surface area (Å²) in [6.07, 6.45) is 2.26. The molecule has 0 spiro atoms. The van der Waals surface area contributed by atoms with Gasteiger partial charge in [0.2, 0.25) is 5.91 Å². The first-order valence-electron chi connectivity index (χ1n) is 11.1. The molecular weight excluding hydrogens is 412 g/mol. The van der Waals surface area contributed by atoms with Gasteiger partial charge in [0, 0.05) is 11.6 Å². The topological polar surface area (TPSA) is 79.9 Å². The van der Waals surface area contributed by atoms with Crippen molar-refractivity contribution in [3.8, 4) is 11.8 Å². The van der Waals surface area contributed by atoms with E-state index in [-0.39, 0.29) is 12.5 Å².